The maximum atomic E-state index is 11.8. The van der Waals surface area contributed by atoms with E-state index < -0.39 is 11.4 Å². The van der Waals surface area contributed by atoms with Crippen molar-refractivity contribution in [1.82, 2.24) is 0 Å². The molecule has 4 rings (SSSR count). The molecule has 2 aliphatic carbocycles. The van der Waals surface area contributed by atoms with Crippen LogP contribution in [-0.4, -0.2) is 21.3 Å². The predicted molar refractivity (Wildman–Crippen MR) is 81.6 cm³/mol. The normalized spacial score (nSPS) is 20.8. The predicted octanol–water partition coefficient (Wildman–Crippen LogP) is 2.89. The second-order valence-electron chi connectivity index (χ2n) is 5.49. The molecule has 0 saturated carbocycles. The highest BCUT2D eigenvalue weighted by Crippen LogP contribution is 2.57. The summed E-state index contributed by atoms with van der Waals surface area (Å²) >= 11 is 0. The smallest absolute Gasteiger partial charge is 0.333 e. The number of fused-ring (bicyclic) bond motifs is 4. The van der Waals surface area contributed by atoms with Gasteiger partial charge in [0.1, 0.15) is 11.5 Å². The molecular formula is C18H12O4. The fraction of sp³-hybridized carbons (Fsp3) is 0.0556. The monoisotopic (exact) mass is 292 g/mol. The van der Waals surface area contributed by atoms with E-state index in [4.69, 9.17) is 0 Å². The van der Waals surface area contributed by atoms with Crippen LogP contribution in [0.15, 0.2) is 48.0 Å². The van der Waals surface area contributed by atoms with Gasteiger partial charge < -0.3 is 15.3 Å². The first-order chi connectivity index (χ1) is 10.6. The molecule has 1 unspecified atom stereocenters. The number of carboxylic acid groups (broad SMARTS) is 1. The van der Waals surface area contributed by atoms with Gasteiger partial charge >= 0.3 is 5.97 Å². The third-order valence-electron chi connectivity index (χ3n) is 4.41. The molecule has 0 aliphatic heterocycles. The summed E-state index contributed by atoms with van der Waals surface area (Å²) in [6, 6.07) is 10.0. The minimum absolute atomic E-state index is 0.0192. The molecule has 4 nitrogen and oxygen atoms in total. The molecule has 0 radical (unpaired) electrons. The van der Waals surface area contributed by atoms with Crippen LogP contribution in [-0.2, 0) is 10.2 Å². The number of carbonyl (C=O) groups is 1. The van der Waals surface area contributed by atoms with Crippen molar-refractivity contribution in [3.05, 3.63) is 70.3 Å². The van der Waals surface area contributed by atoms with Gasteiger partial charge in [0, 0.05) is 11.1 Å². The lowest BCUT2D eigenvalue weighted by Gasteiger charge is -2.28. The summed E-state index contributed by atoms with van der Waals surface area (Å²) in [6.07, 6.45) is 5.08. The van der Waals surface area contributed by atoms with E-state index in [1.54, 1.807) is 36.4 Å². The Labute approximate surface area is 126 Å². The number of benzene rings is 2. The van der Waals surface area contributed by atoms with Gasteiger partial charge in [0.05, 0.1) is 11.0 Å². The molecule has 2 aromatic carbocycles. The van der Waals surface area contributed by atoms with Gasteiger partial charge in [0.2, 0.25) is 0 Å². The van der Waals surface area contributed by atoms with Crippen LogP contribution in [0.1, 0.15) is 22.3 Å². The molecule has 0 fully saturated rings. The molecule has 0 saturated heterocycles. The number of rotatable bonds is 1. The van der Waals surface area contributed by atoms with Crippen LogP contribution >= 0.6 is 0 Å². The highest BCUT2D eigenvalue weighted by molar-refractivity contribution is 6.03. The minimum atomic E-state index is -1.15. The van der Waals surface area contributed by atoms with Crippen molar-refractivity contribution in [2.45, 2.75) is 5.41 Å². The molecule has 0 amide bonds. The summed E-state index contributed by atoms with van der Waals surface area (Å²) in [4.78, 5) is 11.8. The molecule has 2 aromatic rings. The molecule has 2 aliphatic rings. The Morgan fingerprint density at radius 3 is 2.14 bits per heavy atom. The SMILES string of the molecule is O=C(O)C1=Cc2cccc(O)c2C12C=Cc1cccc(O)c12. The molecule has 3 N–H and O–H groups in total. The van der Waals surface area contributed by atoms with Gasteiger partial charge in [-0.3, -0.25) is 0 Å². The van der Waals surface area contributed by atoms with Crippen molar-refractivity contribution in [2.75, 3.05) is 0 Å². The van der Waals surface area contributed by atoms with Crippen LogP contribution in [0.2, 0.25) is 0 Å². The molecule has 0 bridgehead atoms. The lowest BCUT2D eigenvalue weighted by atomic mass is 9.72. The van der Waals surface area contributed by atoms with E-state index in [0.29, 0.717) is 16.7 Å². The number of allylic oxidation sites excluding steroid dienone is 1. The first-order valence-corrected chi connectivity index (χ1v) is 6.85. The first-order valence-electron chi connectivity index (χ1n) is 6.85. The van der Waals surface area contributed by atoms with Gasteiger partial charge in [0.25, 0.3) is 0 Å². The fourth-order valence-corrected chi connectivity index (χ4v) is 3.60. The zero-order valence-corrected chi connectivity index (χ0v) is 11.4. The van der Waals surface area contributed by atoms with E-state index in [1.807, 2.05) is 6.07 Å². The molecule has 22 heavy (non-hydrogen) atoms. The Hall–Kier alpha value is -3.01. The first kappa shape index (κ1) is 12.7. The maximum absolute atomic E-state index is 11.8. The molecule has 0 heterocycles. The zero-order valence-electron chi connectivity index (χ0n) is 11.4. The summed E-state index contributed by atoms with van der Waals surface area (Å²) in [5, 5.41) is 30.3. The maximum Gasteiger partial charge on any atom is 0.333 e. The number of phenolic OH excluding ortho intramolecular Hbond substituents is 2. The van der Waals surface area contributed by atoms with Crippen molar-refractivity contribution in [3.8, 4) is 11.5 Å². The Bertz CT molecular complexity index is 873. The van der Waals surface area contributed by atoms with Gasteiger partial charge in [-0.2, -0.15) is 0 Å². The fourth-order valence-electron chi connectivity index (χ4n) is 3.60. The van der Waals surface area contributed by atoms with Crippen LogP contribution in [0.4, 0.5) is 0 Å². The van der Waals surface area contributed by atoms with Crippen molar-refractivity contribution in [3.63, 3.8) is 0 Å². The zero-order chi connectivity index (χ0) is 15.5. The van der Waals surface area contributed by atoms with Gasteiger partial charge in [0.15, 0.2) is 0 Å². The quantitative estimate of drug-likeness (QED) is 0.755. The van der Waals surface area contributed by atoms with Gasteiger partial charge in [-0.05, 0) is 29.3 Å². The van der Waals surface area contributed by atoms with Crippen LogP contribution in [0, 0.1) is 0 Å². The van der Waals surface area contributed by atoms with Crippen LogP contribution in [0.25, 0.3) is 12.2 Å². The van der Waals surface area contributed by atoms with E-state index >= 15 is 0 Å². The second-order valence-corrected chi connectivity index (χ2v) is 5.49. The molecule has 108 valence electrons. The van der Waals surface area contributed by atoms with Crippen LogP contribution < -0.4 is 0 Å². The number of hydrogen-bond acceptors (Lipinski definition) is 3. The van der Waals surface area contributed by atoms with Crippen molar-refractivity contribution < 1.29 is 20.1 Å². The number of carboxylic acids is 1. The summed E-state index contributed by atoms with van der Waals surface area (Å²) < 4.78 is 0. The summed E-state index contributed by atoms with van der Waals surface area (Å²) in [6.45, 7) is 0. The Balaban J connectivity index is 2.15. The van der Waals surface area contributed by atoms with Gasteiger partial charge in [-0.25, -0.2) is 4.79 Å². The largest absolute Gasteiger partial charge is 0.508 e. The van der Waals surface area contributed by atoms with E-state index in [0.717, 1.165) is 5.56 Å². The summed E-state index contributed by atoms with van der Waals surface area (Å²) in [5.74, 6) is -1.03. The van der Waals surface area contributed by atoms with Crippen molar-refractivity contribution >= 4 is 18.1 Å². The van der Waals surface area contributed by atoms with Crippen LogP contribution in [0.3, 0.4) is 0 Å². The Kier molecular flexibility index (Phi) is 2.32. The number of hydrogen-bond donors (Lipinski definition) is 3. The lowest BCUT2D eigenvalue weighted by Crippen LogP contribution is -2.28. The topological polar surface area (TPSA) is 77.8 Å². The van der Waals surface area contributed by atoms with Crippen LogP contribution in [0.5, 0.6) is 11.5 Å². The number of aromatic hydroxyl groups is 2. The Morgan fingerprint density at radius 1 is 0.909 bits per heavy atom. The molecular weight excluding hydrogens is 280 g/mol. The summed E-state index contributed by atoms with van der Waals surface area (Å²) in [5.41, 5.74) is 1.39. The van der Waals surface area contributed by atoms with Crippen molar-refractivity contribution in [2.24, 2.45) is 0 Å². The van der Waals surface area contributed by atoms with Crippen molar-refractivity contribution in [1.29, 1.82) is 0 Å². The third-order valence-corrected chi connectivity index (χ3v) is 4.41. The highest BCUT2D eigenvalue weighted by atomic mass is 16.4. The number of phenols is 2. The second kappa shape index (κ2) is 4.01. The summed E-state index contributed by atoms with van der Waals surface area (Å²) in [7, 11) is 0. The van der Waals surface area contributed by atoms with E-state index in [9.17, 15) is 20.1 Å². The van der Waals surface area contributed by atoms with Gasteiger partial charge in [-0.1, -0.05) is 36.4 Å². The van der Waals surface area contributed by atoms with Gasteiger partial charge in [-0.15, -0.1) is 0 Å². The molecule has 0 aromatic heterocycles. The van der Waals surface area contributed by atoms with E-state index in [1.165, 1.54) is 12.1 Å². The standard InChI is InChI=1S/C18H12O4/c19-13-5-1-3-10-7-8-18(15(10)13)12(17(21)22)9-11-4-2-6-14(20)16(11)18/h1-9,19-20H,(H,21,22). The lowest BCUT2D eigenvalue weighted by molar-refractivity contribution is -0.133. The van der Waals surface area contributed by atoms with E-state index in [-0.39, 0.29) is 17.1 Å². The third kappa shape index (κ3) is 1.34. The minimum Gasteiger partial charge on any atom is -0.508 e. The average Bonchev–Trinajstić information content (AvgIpc) is 3.02. The average molecular weight is 292 g/mol. The molecule has 1 atom stereocenters. The van der Waals surface area contributed by atoms with E-state index in [2.05, 4.69) is 0 Å². The Morgan fingerprint density at radius 2 is 1.50 bits per heavy atom. The number of aliphatic carboxylic acids is 1. The highest BCUT2D eigenvalue weighted by Gasteiger charge is 2.50. The molecule has 4 heteroatoms. The molecule has 1 spiro atoms.